The molecule has 0 fully saturated rings. The molecule has 0 saturated carbocycles. The number of pyridine rings is 1. The summed E-state index contributed by atoms with van der Waals surface area (Å²) in [6.45, 7) is 4.07. The lowest BCUT2D eigenvalue weighted by Crippen LogP contribution is -2.10. The molecule has 0 saturated heterocycles. The second-order valence-electron chi connectivity index (χ2n) is 4.54. The number of aryl methyl sites for hydroxylation is 2. The number of benzene rings is 1. The Morgan fingerprint density at radius 1 is 1.10 bits per heavy atom. The lowest BCUT2D eigenvalue weighted by molar-refractivity contribution is 0.0599. The summed E-state index contributed by atoms with van der Waals surface area (Å²) < 4.78 is 4.86. The van der Waals surface area contributed by atoms with Crippen molar-refractivity contribution >= 4 is 5.97 Å². The minimum atomic E-state index is -0.325. The number of carbonyl (C=O) groups is 1. The fourth-order valence-electron chi connectivity index (χ4n) is 2.29. The molecule has 0 aliphatic rings. The maximum Gasteiger partial charge on any atom is 0.339 e. The minimum absolute atomic E-state index is 0.325. The number of nitrogens with zero attached hydrogens (tertiary/aromatic N) is 1. The second-order valence-corrected chi connectivity index (χ2v) is 4.54. The number of rotatable bonds is 4. The van der Waals surface area contributed by atoms with E-state index in [1.807, 2.05) is 43.3 Å². The van der Waals surface area contributed by atoms with Gasteiger partial charge in [0, 0.05) is 11.3 Å². The van der Waals surface area contributed by atoms with Gasteiger partial charge < -0.3 is 4.74 Å². The van der Waals surface area contributed by atoms with Crippen molar-refractivity contribution in [3.63, 3.8) is 0 Å². The fraction of sp³-hybridized carbons (Fsp3) is 0.294. The molecular formula is C17H19NO2. The first-order valence-electron chi connectivity index (χ1n) is 6.87. The molecule has 3 heteroatoms. The Hall–Kier alpha value is -2.16. The number of hydrogen-bond acceptors (Lipinski definition) is 3. The number of aromatic nitrogens is 1. The van der Waals surface area contributed by atoms with Crippen molar-refractivity contribution in [3.05, 3.63) is 53.3 Å². The summed E-state index contributed by atoms with van der Waals surface area (Å²) in [6.07, 6.45) is 1.55. The van der Waals surface area contributed by atoms with Crippen LogP contribution in [0.15, 0.2) is 36.4 Å². The van der Waals surface area contributed by atoms with Crippen LogP contribution >= 0.6 is 0 Å². The van der Waals surface area contributed by atoms with E-state index in [-0.39, 0.29) is 5.97 Å². The monoisotopic (exact) mass is 269 g/mol. The summed E-state index contributed by atoms with van der Waals surface area (Å²) in [5.74, 6) is -0.325. The van der Waals surface area contributed by atoms with Crippen LogP contribution in [0.4, 0.5) is 0 Å². The molecule has 0 bridgehead atoms. The summed E-state index contributed by atoms with van der Waals surface area (Å²) >= 11 is 0. The van der Waals surface area contributed by atoms with Crippen molar-refractivity contribution in [1.82, 2.24) is 4.98 Å². The van der Waals surface area contributed by atoms with Crippen LogP contribution in [0.3, 0.4) is 0 Å². The Labute approximate surface area is 119 Å². The quantitative estimate of drug-likeness (QED) is 0.795. The number of ether oxygens (including phenoxy) is 1. The van der Waals surface area contributed by atoms with Gasteiger partial charge in [-0.15, -0.1) is 0 Å². The molecule has 1 heterocycles. The van der Waals surface area contributed by atoms with Crippen molar-refractivity contribution in [2.45, 2.75) is 26.7 Å². The fourth-order valence-corrected chi connectivity index (χ4v) is 2.29. The van der Waals surface area contributed by atoms with E-state index in [2.05, 4.69) is 11.9 Å². The van der Waals surface area contributed by atoms with Gasteiger partial charge in [-0.3, -0.25) is 4.98 Å². The van der Waals surface area contributed by atoms with Gasteiger partial charge in [0.25, 0.3) is 0 Å². The van der Waals surface area contributed by atoms with Crippen LogP contribution in [0.2, 0.25) is 0 Å². The topological polar surface area (TPSA) is 39.2 Å². The molecule has 0 radical (unpaired) electrons. The molecule has 1 aromatic heterocycles. The lowest BCUT2D eigenvalue weighted by atomic mass is 9.98. The highest BCUT2D eigenvalue weighted by Gasteiger charge is 2.16. The van der Waals surface area contributed by atoms with Gasteiger partial charge in [-0.25, -0.2) is 4.79 Å². The average molecular weight is 269 g/mol. The van der Waals surface area contributed by atoms with Gasteiger partial charge in [-0.1, -0.05) is 44.2 Å². The van der Waals surface area contributed by atoms with Crippen molar-refractivity contribution < 1.29 is 9.53 Å². The number of hydrogen-bond donors (Lipinski definition) is 0. The number of esters is 1. The van der Waals surface area contributed by atoms with Crippen LogP contribution in [0.5, 0.6) is 0 Å². The molecule has 0 aliphatic carbocycles. The smallest absolute Gasteiger partial charge is 0.339 e. The van der Waals surface area contributed by atoms with Gasteiger partial charge >= 0.3 is 5.97 Å². The van der Waals surface area contributed by atoms with E-state index in [1.165, 1.54) is 7.11 Å². The molecular weight excluding hydrogens is 250 g/mol. The van der Waals surface area contributed by atoms with Gasteiger partial charge in [0.15, 0.2) is 0 Å². The molecule has 0 amide bonds. The molecule has 0 spiro atoms. The molecule has 0 atom stereocenters. The van der Waals surface area contributed by atoms with Gasteiger partial charge in [-0.2, -0.15) is 0 Å². The first-order chi connectivity index (χ1) is 9.71. The summed E-state index contributed by atoms with van der Waals surface area (Å²) in [5, 5.41) is 0. The highest BCUT2D eigenvalue weighted by molar-refractivity contribution is 5.92. The first-order valence-corrected chi connectivity index (χ1v) is 6.87. The summed E-state index contributed by atoms with van der Waals surface area (Å²) in [4.78, 5) is 16.6. The summed E-state index contributed by atoms with van der Waals surface area (Å²) in [5.41, 5.74) is 4.45. The predicted octanol–water partition coefficient (Wildman–Crippen LogP) is 3.66. The molecule has 3 nitrogen and oxygen atoms in total. The summed E-state index contributed by atoms with van der Waals surface area (Å²) in [6, 6.07) is 11.9. The Morgan fingerprint density at radius 3 is 2.30 bits per heavy atom. The van der Waals surface area contributed by atoms with Gasteiger partial charge in [0.05, 0.1) is 18.4 Å². The third-order valence-corrected chi connectivity index (χ3v) is 3.34. The molecule has 1 aromatic carbocycles. The highest BCUT2D eigenvalue weighted by Crippen LogP contribution is 2.26. The summed E-state index contributed by atoms with van der Waals surface area (Å²) in [7, 11) is 1.40. The van der Waals surface area contributed by atoms with Crippen molar-refractivity contribution in [2.24, 2.45) is 0 Å². The zero-order valence-corrected chi connectivity index (χ0v) is 12.1. The van der Waals surface area contributed by atoms with E-state index >= 15 is 0 Å². The van der Waals surface area contributed by atoms with E-state index in [9.17, 15) is 4.79 Å². The van der Waals surface area contributed by atoms with Crippen LogP contribution in [0, 0.1) is 0 Å². The third kappa shape index (κ3) is 2.72. The third-order valence-electron chi connectivity index (χ3n) is 3.34. The minimum Gasteiger partial charge on any atom is -0.465 e. The average Bonchev–Trinajstić information content (AvgIpc) is 2.53. The SMILES string of the molecule is CCc1nc(CC)c(-c2ccccc2)cc1C(=O)OC. The molecule has 0 unspecified atom stereocenters. The zero-order chi connectivity index (χ0) is 14.5. The highest BCUT2D eigenvalue weighted by atomic mass is 16.5. The van der Waals surface area contributed by atoms with E-state index in [0.29, 0.717) is 12.0 Å². The van der Waals surface area contributed by atoms with Gasteiger partial charge in [-0.05, 0) is 24.5 Å². The van der Waals surface area contributed by atoms with E-state index in [1.54, 1.807) is 0 Å². The molecule has 0 N–H and O–H groups in total. The zero-order valence-electron chi connectivity index (χ0n) is 12.1. The van der Waals surface area contributed by atoms with Crippen LogP contribution in [-0.2, 0) is 17.6 Å². The Bertz CT molecular complexity index is 606. The van der Waals surface area contributed by atoms with E-state index in [4.69, 9.17) is 4.74 Å². The van der Waals surface area contributed by atoms with Crippen LogP contribution in [-0.4, -0.2) is 18.1 Å². The molecule has 2 aromatic rings. The first kappa shape index (κ1) is 14.3. The Morgan fingerprint density at radius 2 is 1.75 bits per heavy atom. The van der Waals surface area contributed by atoms with E-state index < -0.39 is 0 Å². The molecule has 104 valence electrons. The largest absolute Gasteiger partial charge is 0.465 e. The van der Waals surface area contributed by atoms with Gasteiger partial charge in [0.2, 0.25) is 0 Å². The van der Waals surface area contributed by atoms with Crippen LogP contribution < -0.4 is 0 Å². The molecule has 0 aliphatic heterocycles. The lowest BCUT2D eigenvalue weighted by Gasteiger charge is -2.13. The normalized spacial score (nSPS) is 10.3. The number of methoxy groups -OCH3 is 1. The van der Waals surface area contributed by atoms with Crippen molar-refractivity contribution in [3.8, 4) is 11.1 Å². The second kappa shape index (κ2) is 6.33. The van der Waals surface area contributed by atoms with Gasteiger partial charge in [0.1, 0.15) is 0 Å². The Balaban J connectivity index is 2.64. The van der Waals surface area contributed by atoms with Crippen molar-refractivity contribution in [1.29, 1.82) is 0 Å². The van der Waals surface area contributed by atoms with Crippen LogP contribution in [0.1, 0.15) is 35.6 Å². The molecule has 2 rings (SSSR count). The van der Waals surface area contributed by atoms with E-state index in [0.717, 1.165) is 28.9 Å². The standard InChI is InChI=1S/C17H19NO2/c1-4-15-13(12-9-7-6-8-10-12)11-14(17(19)20-3)16(5-2)18-15/h6-11H,4-5H2,1-3H3. The molecule has 20 heavy (non-hydrogen) atoms. The number of carbonyl (C=O) groups excluding carboxylic acids is 1. The van der Waals surface area contributed by atoms with Crippen molar-refractivity contribution in [2.75, 3.05) is 7.11 Å². The maximum atomic E-state index is 11.9. The Kier molecular flexibility index (Phi) is 4.51. The predicted molar refractivity (Wildman–Crippen MR) is 79.8 cm³/mol. The van der Waals surface area contributed by atoms with Crippen LogP contribution in [0.25, 0.3) is 11.1 Å². The maximum absolute atomic E-state index is 11.9.